The Kier molecular flexibility index (Phi) is 3.11. The molecular weight excluding hydrogens is 286 g/mol. The van der Waals surface area contributed by atoms with Crippen molar-refractivity contribution < 1.29 is 4.57 Å². The van der Waals surface area contributed by atoms with E-state index in [1.807, 2.05) is 6.07 Å². The number of hydrogen-bond donors (Lipinski definition) is 0. The van der Waals surface area contributed by atoms with Crippen molar-refractivity contribution in [2.75, 3.05) is 0 Å². The molecule has 88 valence electrons. The van der Waals surface area contributed by atoms with Crippen LogP contribution in [0.4, 0.5) is 0 Å². The summed E-state index contributed by atoms with van der Waals surface area (Å²) in [7, 11) is 0. The third-order valence-corrected chi connectivity index (χ3v) is 3.64. The van der Waals surface area contributed by atoms with Crippen molar-refractivity contribution in [3.05, 3.63) is 77.0 Å². The van der Waals surface area contributed by atoms with Gasteiger partial charge in [0.2, 0.25) is 0 Å². The van der Waals surface area contributed by atoms with E-state index in [2.05, 4.69) is 81.4 Å². The van der Waals surface area contributed by atoms with E-state index in [0.717, 1.165) is 11.0 Å². The van der Waals surface area contributed by atoms with Gasteiger partial charge in [-0.05, 0) is 22.0 Å². The fourth-order valence-corrected chi connectivity index (χ4v) is 2.77. The number of aromatic nitrogens is 1. The number of nitrogens with zero attached hydrogens (tertiary/aromatic N) is 1. The Labute approximate surface area is 115 Å². The van der Waals surface area contributed by atoms with Crippen molar-refractivity contribution in [3.8, 4) is 0 Å². The summed E-state index contributed by atoms with van der Waals surface area (Å²) in [6, 6.07) is 18.9. The van der Waals surface area contributed by atoms with Gasteiger partial charge in [-0.2, -0.15) is 4.57 Å². The average Bonchev–Trinajstić information content (AvgIpc) is 2.40. The highest BCUT2D eigenvalue weighted by Crippen LogP contribution is 2.21. The standard InChI is InChI=1S/C16H13BrN/c17-16-12-18(10-13-6-2-1-3-7-13)11-14-8-4-5-9-15(14)16/h1-9,11-12H,10H2/q+1. The topological polar surface area (TPSA) is 3.88 Å². The molecule has 0 bridgehead atoms. The van der Waals surface area contributed by atoms with E-state index < -0.39 is 0 Å². The highest BCUT2D eigenvalue weighted by Gasteiger charge is 2.08. The normalized spacial score (nSPS) is 10.7. The molecule has 1 aromatic heterocycles. The molecule has 0 radical (unpaired) electrons. The fraction of sp³-hybridized carbons (Fsp3) is 0.0625. The second kappa shape index (κ2) is 4.91. The number of fused-ring (bicyclic) bond motifs is 1. The summed E-state index contributed by atoms with van der Waals surface area (Å²) in [5.41, 5.74) is 1.31. The number of hydrogen-bond acceptors (Lipinski definition) is 0. The van der Waals surface area contributed by atoms with E-state index in [-0.39, 0.29) is 0 Å². The molecule has 2 heteroatoms. The van der Waals surface area contributed by atoms with Crippen molar-refractivity contribution in [3.63, 3.8) is 0 Å². The zero-order valence-corrected chi connectivity index (χ0v) is 11.5. The molecule has 0 fully saturated rings. The lowest BCUT2D eigenvalue weighted by Gasteiger charge is -2.02. The molecular formula is C16H13BrN+. The molecule has 0 aliphatic rings. The molecule has 1 heterocycles. The monoisotopic (exact) mass is 298 g/mol. The van der Waals surface area contributed by atoms with Crippen LogP contribution in [0.1, 0.15) is 5.56 Å². The quantitative estimate of drug-likeness (QED) is 0.631. The lowest BCUT2D eigenvalue weighted by molar-refractivity contribution is -0.687. The molecule has 3 rings (SSSR count). The Morgan fingerprint density at radius 2 is 1.56 bits per heavy atom. The van der Waals surface area contributed by atoms with Crippen LogP contribution < -0.4 is 4.57 Å². The van der Waals surface area contributed by atoms with Crippen LogP contribution in [0.25, 0.3) is 10.8 Å². The maximum atomic E-state index is 3.64. The molecule has 0 atom stereocenters. The summed E-state index contributed by atoms with van der Waals surface area (Å²) in [4.78, 5) is 0. The van der Waals surface area contributed by atoms with Gasteiger partial charge in [-0.15, -0.1) is 0 Å². The van der Waals surface area contributed by atoms with Gasteiger partial charge in [0.05, 0.1) is 4.47 Å². The van der Waals surface area contributed by atoms with Crippen LogP contribution in [-0.2, 0) is 6.54 Å². The van der Waals surface area contributed by atoms with Crippen LogP contribution in [0, 0.1) is 0 Å². The first-order valence-corrected chi connectivity index (χ1v) is 6.73. The number of pyridine rings is 1. The summed E-state index contributed by atoms with van der Waals surface area (Å²) in [5.74, 6) is 0. The van der Waals surface area contributed by atoms with Crippen molar-refractivity contribution in [1.29, 1.82) is 0 Å². The Bertz CT molecular complexity index is 677. The molecule has 0 unspecified atom stereocenters. The summed E-state index contributed by atoms with van der Waals surface area (Å²) >= 11 is 3.64. The predicted molar refractivity (Wildman–Crippen MR) is 77.4 cm³/mol. The van der Waals surface area contributed by atoms with Crippen LogP contribution in [0.2, 0.25) is 0 Å². The lowest BCUT2D eigenvalue weighted by atomic mass is 10.1. The van der Waals surface area contributed by atoms with Gasteiger partial charge in [-0.1, -0.05) is 48.5 Å². The molecule has 18 heavy (non-hydrogen) atoms. The van der Waals surface area contributed by atoms with Crippen LogP contribution in [-0.4, -0.2) is 0 Å². The third-order valence-electron chi connectivity index (χ3n) is 3.01. The molecule has 0 saturated carbocycles. The van der Waals surface area contributed by atoms with Gasteiger partial charge in [0.25, 0.3) is 0 Å². The van der Waals surface area contributed by atoms with Crippen molar-refractivity contribution in [2.24, 2.45) is 0 Å². The minimum atomic E-state index is 0.893. The molecule has 0 saturated heterocycles. The van der Waals surface area contributed by atoms with Crippen molar-refractivity contribution in [1.82, 2.24) is 0 Å². The molecule has 0 aliphatic carbocycles. The second-order valence-corrected chi connectivity index (χ2v) is 5.21. The Hall–Kier alpha value is -1.67. The zero-order valence-electron chi connectivity index (χ0n) is 9.88. The Balaban J connectivity index is 2.03. The average molecular weight is 299 g/mol. The third kappa shape index (κ3) is 2.29. The van der Waals surface area contributed by atoms with E-state index >= 15 is 0 Å². The predicted octanol–water partition coefficient (Wildman–Crippen LogP) is 3.94. The van der Waals surface area contributed by atoms with Gasteiger partial charge in [0.15, 0.2) is 18.9 Å². The van der Waals surface area contributed by atoms with Crippen LogP contribution >= 0.6 is 15.9 Å². The molecule has 0 aliphatic heterocycles. The molecule has 1 nitrogen and oxygen atoms in total. The first kappa shape index (κ1) is 11.4. The van der Waals surface area contributed by atoms with Crippen molar-refractivity contribution >= 4 is 26.7 Å². The minimum Gasteiger partial charge on any atom is -0.199 e. The summed E-state index contributed by atoms with van der Waals surface area (Å²) in [6.07, 6.45) is 4.32. The van der Waals surface area contributed by atoms with Gasteiger partial charge in [0.1, 0.15) is 0 Å². The second-order valence-electron chi connectivity index (χ2n) is 4.35. The minimum absolute atomic E-state index is 0.893. The van der Waals surface area contributed by atoms with E-state index in [9.17, 15) is 0 Å². The number of rotatable bonds is 2. The van der Waals surface area contributed by atoms with Gasteiger partial charge in [-0.3, -0.25) is 0 Å². The Morgan fingerprint density at radius 3 is 2.39 bits per heavy atom. The summed E-state index contributed by atoms with van der Waals surface area (Å²) in [5, 5.41) is 2.50. The number of benzene rings is 2. The lowest BCUT2D eigenvalue weighted by Crippen LogP contribution is -2.33. The molecule has 2 aromatic carbocycles. The van der Waals surface area contributed by atoms with E-state index in [4.69, 9.17) is 0 Å². The van der Waals surface area contributed by atoms with Crippen molar-refractivity contribution in [2.45, 2.75) is 6.54 Å². The Morgan fingerprint density at radius 1 is 0.833 bits per heavy atom. The summed E-state index contributed by atoms with van der Waals surface area (Å²) in [6.45, 7) is 0.893. The highest BCUT2D eigenvalue weighted by molar-refractivity contribution is 9.10. The van der Waals surface area contributed by atoms with Crippen LogP contribution in [0.3, 0.4) is 0 Å². The van der Waals surface area contributed by atoms with Crippen LogP contribution in [0.15, 0.2) is 71.5 Å². The van der Waals surface area contributed by atoms with Gasteiger partial charge >= 0.3 is 0 Å². The molecule has 0 spiro atoms. The van der Waals surface area contributed by atoms with E-state index in [1.165, 1.54) is 16.3 Å². The first-order chi connectivity index (χ1) is 8.83. The first-order valence-electron chi connectivity index (χ1n) is 5.94. The van der Waals surface area contributed by atoms with E-state index in [0.29, 0.717) is 0 Å². The smallest absolute Gasteiger partial charge is 0.184 e. The maximum absolute atomic E-state index is 3.64. The maximum Gasteiger partial charge on any atom is 0.184 e. The molecule has 0 amide bonds. The van der Waals surface area contributed by atoms with Crippen LogP contribution in [0.5, 0.6) is 0 Å². The van der Waals surface area contributed by atoms with E-state index in [1.54, 1.807) is 0 Å². The van der Waals surface area contributed by atoms with Gasteiger partial charge < -0.3 is 0 Å². The van der Waals surface area contributed by atoms with Gasteiger partial charge in [0, 0.05) is 16.3 Å². The molecule has 0 N–H and O–H groups in total. The SMILES string of the molecule is Brc1c[n+](Cc2ccccc2)cc2ccccc12. The van der Waals surface area contributed by atoms with Gasteiger partial charge in [-0.25, -0.2) is 0 Å². The zero-order chi connectivity index (χ0) is 12.4. The number of halogens is 1. The molecule has 3 aromatic rings. The highest BCUT2D eigenvalue weighted by atomic mass is 79.9. The fourth-order valence-electron chi connectivity index (χ4n) is 2.14. The summed E-state index contributed by atoms with van der Waals surface area (Å²) < 4.78 is 3.35. The largest absolute Gasteiger partial charge is 0.199 e.